The molecular formula is C34H36ClF6N9O3. The summed E-state index contributed by atoms with van der Waals surface area (Å²) in [5.41, 5.74) is 1.61. The summed E-state index contributed by atoms with van der Waals surface area (Å²) in [6.07, 6.45) is -2.70. The van der Waals surface area contributed by atoms with Gasteiger partial charge in [-0.15, -0.1) is 0 Å². The Morgan fingerprint density at radius 3 is 2.42 bits per heavy atom. The summed E-state index contributed by atoms with van der Waals surface area (Å²) in [4.78, 5) is 45.2. The van der Waals surface area contributed by atoms with E-state index in [9.17, 15) is 31.5 Å². The molecule has 2 aliphatic rings. The van der Waals surface area contributed by atoms with Gasteiger partial charge in [0.2, 0.25) is 0 Å². The Labute approximate surface area is 305 Å². The number of ether oxygens (including phenoxy) is 1. The van der Waals surface area contributed by atoms with E-state index in [2.05, 4.69) is 25.0 Å². The number of hydrogen-bond acceptors (Lipinski definition) is 9. The first-order chi connectivity index (χ1) is 24.6. The van der Waals surface area contributed by atoms with Crippen LogP contribution in [0.2, 0.25) is 5.02 Å². The average molecular weight is 768 g/mol. The molecule has 2 aromatic heterocycles. The predicted octanol–water partition coefficient (Wildman–Crippen LogP) is 7.05. The molecule has 0 bridgehead atoms. The largest absolute Gasteiger partial charge is 0.447 e. The van der Waals surface area contributed by atoms with Crippen LogP contribution in [0, 0.1) is 11.3 Å². The number of alkyl carbamates (subject to hydrolysis) is 1. The van der Waals surface area contributed by atoms with Crippen LogP contribution in [0.5, 0.6) is 0 Å². The first kappa shape index (κ1) is 39.2. The van der Waals surface area contributed by atoms with Crippen molar-refractivity contribution in [2.24, 2.45) is 22.1 Å². The molecule has 0 spiro atoms. The second kappa shape index (κ2) is 14.4. The fourth-order valence-corrected chi connectivity index (χ4v) is 6.40. The predicted molar refractivity (Wildman–Crippen MR) is 181 cm³/mol. The number of halogens is 7. The number of amides is 2. The number of alkyl halides is 5. The van der Waals surface area contributed by atoms with Crippen molar-refractivity contribution in [3.8, 4) is 5.69 Å². The van der Waals surface area contributed by atoms with Gasteiger partial charge in [0.25, 0.3) is 12.3 Å². The molecule has 1 aliphatic heterocycles. The van der Waals surface area contributed by atoms with E-state index in [0.717, 1.165) is 29.8 Å². The van der Waals surface area contributed by atoms with Crippen molar-refractivity contribution in [3.05, 3.63) is 83.2 Å². The molecule has 0 saturated carbocycles. The minimum atomic E-state index is -4.86. The SMILES string of the molecule is CC(C)(C)C[C@]1(C2CC=C(c3ncccn3)C=C2F)N=C(N)N([C@H](COC(=O)NC(C)(C)C(F)(F)F)c2ccc(Cl)c(-n3ncnc3C(F)F)c2)C1=O. The number of carbonyl (C=O) groups is 2. The Bertz CT molecular complexity index is 1960. The van der Waals surface area contributed by atoms with Crippen molar-refractivity contribution in [1.29, 1.82) is 0 Å². The van der Waals surface area contributed by atoms with Crippen LogP contribution < -0.4 is 11.1 Å². The molecule has 3 aromatic rings. The van der Waals surface area contributed by atoms with Crippen LogP contribution in [-0.2, 0) is 9.53 Å². The van der Waals surface area contributed by atoms with E-state index in [4.69, 9.17) is 22.1 Å². The first-order valence-electron chi connectivity index (χ1n) is 16.2. The maximum atomic E-state index is 16.3. The average Bonchev–Trinajstić information content (AvgIpc) is 3.64. The van der Waals surface area contributed by atoms with Gasteiger partial charge in [0.15, 0.2) is 23.1 Å². The Balaban J connectivity index is 1.58. The Hall–Kier alpha value is -5.00. The lowest BCUT2D eigenvalue weighted by Crippen LogP contribution is -2.55. The number of allylic oxidation sites excluding steroid dienone is 3. The van der Waals surface area contributed by atoms with Crippen LogP contribution in [0.15, 0.2) is 66.0 Å². The highest BCUT2D eigenvalue weighted by atomic mass is 35.5. The van der Waals surface area contributed by atoms with E-state index in [1.54, 1.807) is 17.5 Å². The number of rotatable bonds is 10. The summed E-state index contributed by atoms with van der Waals surface area (Å²) in [6.45, 7) is 6.08. The minimum absolute atomic E-state index is 0.0216. The number of aromatic nitrogens is 5. The highest BCUT2D eigenvalue weighted by Crippen LogP contribution is 2.48. The second-order valence-corrected chi connectivity index (χ2v) is 14.7. The van der Waals surface area contributed by atoms with Crippen LogP contribution in [0.25, 0.3) is 11.3 Å². The van der Waals surface area contributed by atoms with Gasteiger partial charge in [-0.05, 0) is 61.9 Å². The van der Waals surface area contributed by atoms with Crippen LogP contribution in [-0.4, -0.2) is 71.5 Å². The monoisotopic (exact) mass is 767 g/mol. The molecule has 5 rings (SSSR count). The third-order valence-electron chi connectivity index (χ3n) is 8.71. The third kappa shape index (κ3) is 8.01. The van der Waals surface area contributed by atoms with Crippen LogP contribution in [0.4, 0.5) is 31.1 Å². The van der Waals surface area contributed by atoms with Gasteiger partial charge >= 0.3 is 12.3 Å². The van der Waals surface area contributed by atoms with Gasteiger partial charge in [-0.2, -0.15) is 18.3 Å². The maximum absolute atomic E-state index is 16.3. The van der Waals surface area contributed by atoms with E-state index in [-0.39, 0.29) is 34.9 Å². The Morgan fingerprint density at radius 1 is 1.13 bits per heavy atom. The molecule has 12 nitrogen and oxygen atoms in total. The number of nitrogens with zero attached hydrogens (tertiary/aromatic N) is 7. The number of guanidine groups is 1. The lowest BCUT2D eigenvalue weighted by Gasteiger charge is -2.39. The standard InChI is InChI=1S/C34H36ClF6N9O3/c1-31(2,3)16-33(20-9-7-19(13-22(20)36)26-43-11-6-12-44-26)28(51)49(29(42)47-33)24(15-53-30(52)48-32(4,5)34(39,40)41)18-8-10-21(35)23(14-18)50-27(25(37)38)45-17-46-50/h6-8,10-14,17,20,24-25H,9,15-16H2,1-5H3,(H2,42,47)(H,48,52)/t20?,24-,33-/m1/s1. The number of hydrogen-bond donors (Lipinski definition) is 2. The van der Waals surface area contributed by atoms with Gasteiger partial charge in [0.05, 0.1) is 16.8 Å². The molecule has 53 heavy (non-hydrogen) atoms. The van der Waals surface area contributed by atoms with Gasteiger partial charge in [-0.25, -0.2) is 42.6 Å². The molecule has 3 N–H and O–H groups in total. The quantitative estimate of drug-likeness (QED) is 0.208. The van der Waals surface area contributed by atoms with Gasteiger partial charge < -0.3 is 15.8 Å². The molecule has 1 aliphatic carbocycles. The minimum Gasteiger partial charge on any atom is -0.447 e. The number of carbonyl (C=O) groups excluding carboxylic acids is 2. The van der Waals surface area contributed by atoms with Crippen molar-refractivity contribution in [3.63, 3.8) is 0 Å². The normalized spacial score (nSPS) is 20.2. The number of aliphatic imine (C=N–C) groups is 1. The zero-order chi connectivity index (χ0) is 39.1. The zero-order valence-corrected chi connectivity index (χ0v) is 29.9. The number of benzene rings is 1. The molecule has 3 atom stereocenters. The molecule has 3 heterocycles. The van der Waals surface area contributed by atoms with E-state index >= 15 is 4.39 Å². The molecule has 0 saturated heterocycles. The fourth-order valence-electron chi connectivity index (χ4n) is 6.21. The topological polar surface area (TPSA) is 154 Å². The van der Waals surface area contributed by atoms with E-state index in [1.165, 1.54) is 36.7 Å². The zero-order valence-electron chi connectivity index (χ0n) is 29.1. The summed E-state index contributed by atoms with van der Waals surface area (Å²) >= 11 is 6.39. The van der Waals surface area contributed by atoms with Crippen LogP contribution >= 0.6 is 11.6 Å². The smallest absolute Gasteiger partial charge is 0.411 e. The summed E-state index contributed by atoms with van der Waals surface area (Å²) < 4.78 is 90.7. The summed E-state index contributed by atoms with van der Waals surface area (Å²) in [7, 11) is 0. The lowest BCUT2D eigenvalue weighted by atomic mass is 9.69. The van der Waals surface area contributed by atoms with Crippen molar-refractivity contribution in [2.45, 2.75) is 77.2 Å². The van der Waals surface area contributed by atoms with Crippen molar-refractivity contribution in [1.82, 2.24) is 34.9 Å². The third-order valence-corrected chi connectivity index (χ3v) is 9.03. The van der Waals surface area contributed by atoms with Crippen molar-refractivity contribution in [2.75, 3.05) is 6.61 Å². The molecule has 19 heteroatoms. The van der Waals surface area contributed by atoms with Gasteiger partial charge in [0, 0.05) is 23.9 Å². The molecule has 1 aromatic carbocycles. The highest BCUT2D eigenvalue weighted by Gasteiger charge is 2.58. The van der Waals surface area contributed by atoms with Crippen LogP contribution in [0.3, 0.4) is 0 Å². The number of nitrogens with one attached hydrogen (secondary N) is 1. The van der Waals surface area contributed by atoms with Crippen molar-refractivity contribution < 1.29 is 40.7 Å². The molecule has 1 unspecified atom stereocenters. The molecule has 2 amide bonds. The Morgan fingerprint density at radius 2 is 1.81 bits per heavy atom. The Kier molecular flexibility index (Phi) is 10.7. The lowest BCUT2D eigenvalue weighted by molar-refractivity contribution is -0.183. The van der Waals surface area contributed by atoms with Gasteiger partial charge in [-0.1, -0.05) is 44.5 Å². The van der Waals surface area contributed by atoms with E-state index in [0.29, 0.717) is 5.57 Å². The van der Waals surface area contributed by atoms with Crippen molar-refractivity contribution >= 4 is 35.1 Å². The fraction of sp³-hybridized carbons (Fsp3) is 0.441. The molecule has 0 fully saturated rings. The second-order valence-electron chi connectivity index (χ2n) is 14.3. The highest BCUT2D eigenvalue weighted by molar-refractivity contribution is 6.32. The van der Waals surface area contributed by atoms with E-state index < -0.39 is 77.3 Å². The van der Waals surface area contributed by atoms with E-state index in [1.807, 2.05) is 20.8 Å². The molecule has 0 radical (unpaired) electrons. The summed E-state index contributed by atoms with van der Waals surface area (Å²) in [5, 5.41) is 5.52. The summed E-state index contributed by atoms with van der Waals surface area (Å²) in [5.74, 6) is -3.59. The maximum Gasteiger partial charge on any atom is 0.411 e. The summed E-state index contributed by atoms with van der Waals surface area (Å²) in [6, 6.07) is 4.08. The van der Waals surface area contributed by atoms with Gasteiger partial charge in [-0.3, -0.25) is 9.69 Å². The number of nitrogens with two attached hydrogens (primary N) is 1. The first-order valence-corrected chi connectivity index (χ1v) is 16.6. The molecular weight excluding hydrogens is 732 g/mol. The molecule has 284 valence electrons. The van der Waals surface area contributed by atoms with Crippen LogP contribution in [0.1, 0.15) is 77.1 Å². The van der Waals surface area contributed by atoms with Gasteiger partial charge in [0.1, 0.15) is 24.3 Å².